The van der Waals surface area contributed by atoms with Crippen LogP contribution >= 0.6 is 0 Å². The number of hydrogen-bond donors (Lipinski definition) is 0. The first-order valence-corrected chi connectivity index (χ1v) is 5.57. The van der Waals surface area contributed by atoms with Crippen LogP contribution < -0.4 is 0 Å². The molecule has 1 aliphatic rings. The van der Waals surface area contributed by atoms with Gasteiger partial charge in [-0.3, -0.25) is 0 Å². The molecule has 3 heteroatoms. The third-order valence-electron chi connectivity index (χ3n) is 2.83. The van der Waals surface area contributed by atoms with E-state index in [-0.39, 0.29) is 0 Å². The van der Waals surface area contributed by atoms with Crippen molar-refractivity contribution in [3.63, 3.8) is 0 Å². The maximum absolute atomic E-state index is 5.52. The zero-order valence-corrected chi connectivity index (χ0v) is 9.87. The van der Waals surface area contributed by atoms with Gasteiger partial charge in [-0.1, -0.05) is 27.7 Å². The summed E-state index contributed by atoms with van der Waals surface area (Å²) >= 11 is 0. The van der Waals surface area contributed by atoms with E-state index in [4.69, 9.17) is 4.74 Å². The topological polar surface area (TPSA) is 35.0 Å². The zero-order valence-electron chi connectivity index (χ0n) is 9.87. The van der Waals surface area contributed by atoms with E-state index < -0.39 is 0 Å². The summed E-state index contributed by atoms with van der Waals surface area (Å²) in [5.41, 5.74) is 4.77. The number of hydrogen-bond acceptors (Lipinski definition) is 3. The fourth-order valence-electron chi connectivity index (χ4n) is 2.04. The molecule has 1 aromatic heterocycles. The maximum Gasteiger partial charge on any atom is 0.0744 e. The lowest BCUT2D eigenvalue weighted by molar-refractivity contribution is 0.133. The first-order valence-electron chi connectivity index (χ1n) is 5.57. The van der Waals surface area contributed by atoms with Crippen molar-refractivity contribution in [2.45, 2.75) is 52.7 Å². The van der Waals surface area contributed by atoms with Crippen LogP contribution in [0, 0.1) is 0 Å². The summed E-state index contributed by atoms with van der Waals surface area (Å²) < 4.78 is 5.52. The second-order valence-corrected chi connectivity index (χ2v) is 4.73. The first kappa shape index (κ1) is 10.6. The monoisotopic (exact) mass is 206 g/mol. The van der Waals surface area contributed by atoms with Gasteiger partial charge in [-0.2, -0.15) is 10.2 Å². The Balaban J connectivity index is 2.54. The fourth-order valence-corrected chi connectivity index (χ4v) is 2.04. The van der Waals surface area contributed by atoms with E-state index in [1.54, 1.807) is 0 Å². The highest BCUT2D eigenvalue weighted by atomic mass is 16.5. The summed E-state index contributed by atoms with van der Waals surface area (Å²) in [4.78, 5) is 0. The Bertz CT molecular complexity index is 337. The minimum absolute atomic E-state index is 0.425. The molecule has 0 fully saturated rings. The van der Waals surface area contributed by atoms with Crippen molar-refractivity contribution in [1.29, 1.82) is 0 Å². The molecule has 15 heavy (non-hydrogen) atoms. The van der Waals surface area contributed by atoms with Crippen molar-refractivity contribution in [3.05, 3.63) is 22.5 Å². The van der Waals surface area contributed by atoms with Crippen LogP contribution in [0.5, 0.6) is 0 Å². The Morgan fingerprint density at radius 2 is 1.27 bits per heavy atom. The van der Waals surface area contributed by atoms with E-state index in [0.29, 0.717) is 25.0 Å². The van der Waals surface area contributed by atoms with Crippen LogP contribution in [0.15, 0.2) is 0 Å². The van der Waals surface area contributed by atoms with Crippen molar-refractivity contribution in [2.24, 2.45) is 0 Å². The third-order valence-corrected chi connectivity index (χ3v) is 2.83. The van der Waals surface area contributed by atoms with E-state index in [2.05, 4.69) is 37.9 Å². The van der Waals surface area contributed by atoms with E-state index in [0.717, 1.165) is 11.4 Å². The maximum atomic E-state index is 5.52. The minimum atomic E-state index is 0.425. The molecular formula is C12H18N2O. The molecular weight excluding hydrogens is 188 g/mol. The highest BCUT2D eigenvalue weighted by molar-refractivity contribution is 5.36. The lowest BCUT2D eigenvalue weighted by atomic mass is 9.97. The van der Waals surface area contributed by atoms with E-state index in [1.807, 2.05) is 0 Å². The smallest absolute Gasteiger partial charge is 0.0744 e. The SMILES string of the molecule is CC(C)c1nnc(C(C)C)c2c1COC2. The number of ether oxygens (including phenoxy) is 1. The summed E-state index contributed by atoms with van der Waals surface area (Å²) in [5, 5.41) is 8.68. The molecule has 0 aromatic carbocycles. The Morgan fingerprint density at radius 3 is 1.60 bits per heavy atom. The van der Waals surface area contributed by atoms with Crippen molar-refractivity contribution in [1.82, 2.24) is 10.2 Å². The third kappa shape index (κ3) is 1.76. The van der Waals surface area contributed by atoms with Crippen molar-refractivity contribution in [2.75, 3.05) is 0 Å². The van der Waals surface area contributed by atoms with Crippen molar-refractivity contribution in [3.8, 4) is 0 Å². The summed E-state index contributed by atoms with van der Waals surface area (Å²) in [5.74, 6) is 0.850. The van der Waals surface area contributed by atoms with Crippen LogP contribution in [0.1, 0.15) is 62.0 Å². The largest absolute Gasteiger partial charge is 0.372 e. The first-order chi connectivity index (χ1) is 7.11. The Labute approximate surface area is 90.9 Å². The van der Waals surface area contributed by atoms with Gasteiger partial charge in [0.2, 0.25) is 0 Å². The molecule has 1 aromatic rings. The summed E-state index contributed by atoms with van der Waals surface area (Å²) in [6.07, 6.45) is 0. The normalized spacial score (nSPS) is 15.1. The molecule has 2 heterocycles. The van der Waals surface area contributed by atoms with E-state index in [9.17, 15) is 0 Å². The predicted octanol–water partition coefficient (Wildman–Crippen LogP) is 2.75. The molecule has 3 nitrogen and oxygen atoms in total. The van der Waals surface area contributed by atoms with Gasteiger partial charge in [-0.05, 0) is 11.8 Å². The molecule has 2 rings (SSSR count). The van der Waals surface area contributed by atoms with Gasteiger partial charge in [0.25, 0.3) is 0 Å². The molecule has 0 aliphatic carbocycles. The van der Waals surface area contributed by atoms with Crippen LogP contribution in [-0.4, -0.2) is 10.2 Å². The molecule has 0 N–H and O–H groups in total. The van der Waals surface area contributed by atoms with Crippen LogP contribution in [0.2, 0.25) is 0 Å². The second kappa shape index (κ2) is 3.89. The van der Waals surface area contributed by atoms with Crippen LogP contribution in [-0.2, 0) is 18.0 Å². The van der Waals surface area contributed by atoms with Crippen LogP contribution in [0.4, 0.5) is 0 Å². The van der Waals surface area contributed by atoms with Gasteiger partial charge >= 0.3 is 0 Å². The van der Waals surface area contributed by atoms with Gasteiger partial charge in [0.1, 0.15) is 0 Å². The molecule has 0 atom stereocenters. The minimum Gasteiger partial charge on any atom is -0.372 e. The predicted molar refractivity (Wildman–Crippen MR) is 58.7 cm³/mol. The Hall–Kier alpha value is -0.960. The molecule has 0 bridgehead atoms. The number of rotatable bonds is 2. The highest BCUT2D eigenvalue weighted by Gasteiger charge is 2.23. The second-order valence-electron chi connectivity index (χ2n) is 4.73. The molecule has 1 aliphatic heterocycles. The fraction of sp³-hybridized carbons (Fsp3) is 0.667. The molecule has 0 spiro atoms. The number of fused-ring (bicyclic) bond motifs is 1. The van der Waals surface area contributed by atoms with Crippen molar-refractivity contribution < 1.29 is 4.74 Å². The van der Waals surface area contributed by atoms with Gasteiger partial charge in [0.15, 0.2) is 0 Å². The van der Waals surface area contributed by atoms with Crippen LogP contribution in [0.3, 0.4) is 0 Å². The molecule has 0 saturated carbocycles. The van der Waals surface area contributed by atoms with Gasteiger partial charge in [-0.25, -0.2) is 0 Å². The summed E-state index contributed by atoms with van der Waals surface area (Å²) in [7, 11) is 0. The number of nitrogens with zero attached hydrogens (tertiary/aromatic N) is 2. The van der Waals surface area contributed by atoms with E-state index in [1.165, 1.54) is 11.1 Å². The average molecular weight is 206 g/mol. The quantitative estimate of drug-likeness (QED) is 0.746. The van der Waals surface area contributed by atoms with Gasteiger partial charge < -0.3 is 4.74 Å². The van der Waals surface area contributed by atoms with Gasteiger partial charge in [0.05, 0.1) is 24.6 Å². The Morgan fingerprint density at radius 1 is 0.867 bits per heavy atom. The molecule has 0 unspecified atom stereocenters. The molecule has 0 radical (unpaired) electrons. The van der Waals surface area contributed by atoms with E-state index >= 15 is 0 Å². The molecule has 0 saturated heterocycles. The summed E-state index contributed by atoms with van der Waals surface area (Å²) in [6, 6.07) is 0. The van der Waals surface area contributed by atoms with Gasteiger partial charge in [0, 0.05) is 11.1 Å². The van der Waals surface area contributed by atoms with Gasteiger partial charge in [-0.15, -0.1) is 0 Å². The molecule has 82 valence electrons. The lowest BCUT2D eigenvalue weighted by Gasteiger charge is -2.13. The Kier molecular flexibility index (Phi) is 2.74. The standard InChI is InChI=1S/C12H18N2O/c1-7(2)11-9-5-15-6-10(9)12(8(3)4)14-13-11/h7-8H,5-6H2,1-4H3. The van der Waals surface area contributed by atoms with Crippen molar-refractivity contribution >= 4 is 0 Å². The highest BCUT2D eigenvalue weighted by Crippen LogP contribution is 2.30. The lowest BCUT2D eigenvalue weighted by Crippen LogP contribution is -2.08. The molecule has 0 amide bonds. The summed E-state index contributed by atoms with van der Waals surface area (Å²) in [6.45, 7) is 10.0. The van der Waals surface area contributed by atoms with Crippen LogP contribution in [0.25, 0.3) is 0 Å². The average Bonchev–Trinajstić information content (AvgIpc) is 2.63. The zero-order chi connectivity index (χ0) is 11.0. The number of aromatic nitrogens is 2.